The molecule has 6 heavy (non-hydrogen) atoms. The van der Waals surface area contributed by atoms with E-state index in [-0.39, 0.29) is 35.7 Å². The third-order valence-corrected chi connectivity index (χ3v) is 1.07. The van der Waals surface area contributed by atoms with Crippen molar-refractivity contribution in [3.8, 4) is 0 Å². The fraction of sp³-hybridized carbons (Fsp3) is 1.00. The minimum absolute atomic E-state index is 0. The van der Waals surface area contributed by atoms with Crippen LogP contribution < -0.4 is 29.6 Å². The molecule has 1 fully saturated rings. The number of aliphatic hydroxyl groups excluding tert-OH is 1. The molecular formula is C4H8NaO+. The number of hydrogen-bond acceptors (Lipinski definition) is 1. The van der Waals surface area contributed by atoms with Crippen LogP contribution in [-0.2, 0) is 0 Å². The van der Waals surface area contributed by atoms with Gasteiger partial charge < -0.3 is 5.11 Å². The van der Waals surface area contributed by atoms with Gasteiger partial charge in [-0.15, -0.1) is 0 Å². The summed E-state index contributed by atoms with van der Waals surface area (Å²) in [4.78, 5) is 0. The topological polar surface area (TPSA) is 20.2 Å². The van der Waals surface area contributed by atoms with E-state index in [2.05, 4.69) is 0 Å². The van der Waals surface area contributed by atoms with E-state index in [4.69, 9.17) is 5.11 Å². The minimum Gasteiger partial charge on any atom is -0.393 e. The van der Waals surface area contributed by atoms with E-state index < -0.39 is 0 Å². The van der Waals surface area contributed by atoms with Crippen LogP contribution in [0.5, 0.6) is 0 Å². The quantitative estimate of drug-likeness (QED) is 0.331. The standard InChI is InChI=1S/C4H8O.Na/c5-4-2-1-3-4;/h4-5H,1-3H2;/q;+1. The molecule has 0 aliphatic heterocycles. The molecule has 30 valence electrons. The first-order chi connectivity index (χ1) is 2.39. The Kier molecular flexibility index (Phi) is 3.51. The predicted octanol–water partition coefficient (Wildman–Crippen LogP) is -2.46. The Morgan fingerprint density at radius 3 is 1.67 bits per heavy atom. The van der Waals surface area contributed by atoms with Gasteiger partial charge in [-0.3, -0.25) is 0 Å². The van der Waals surface area contributed by atoms with Crippen molar-refractivity contribution >= 4 is 0 Å². The van der Waals surface area contributed by atoms with Crippen LogP contribution in [0.1, 0.15) is 19.3 Å². The molecule has 0 spiro atoms. The summed E-state index contributed by atoms with van der Waals surface area (Å²) < 4.78 is 0. The van der Waals surface area contributed by atoms with Gasteiger partial charge in [0.15, 0.2) is 0 Å². The summed E-state index contributed by atoms with van der Waals surface area (Å²) in [6.07, 6.45) is 3.39. The predicted molar refractivity (Wildman–Crippen MR) is 19.9 cm³/mol. The molecule has 1 rings (SSSR count). The summed E-state index contributed by atoms with van der Waals surface area (Å²) >= 11 is 0. The van der Waals surface area contributed by atoms with Crippen molar-refractivity contribution in [3.63, 3.8) is 0 Å². The van der Waals surface area contributed by atoms with Crippen molar-refractivity contribution in [2.75, 3.05) is 0 Å². The van der Waals surface area contributed by atoms with E-state index in [1.54, 1.807) is 0 Å². The van der Waals surface area contributed by atoms with Gasteiger partial charge in [0.1, 0.15) is 0 Å². The first-order valence-electron chi connectivity index (χ1n) is 2.07. The zero-order valence-electron chi connectivity index (χ0n) is 4.15. The second-order valence-corrected chi connectivity index (χ2v) is 1.58. The molecule has 0 aromatic heterocycles. The van der Waals surface area contributed by atoms with Crippen LogP contribution in [0.25, 0.3) is 0 Å². The second-order valence-electron chi connectivity index (χ2n) is 1.58. The van der Waals surface area contributed by atoms with Crippen molar-refractivity contribution in [1.29, 1.82) is 0 Å². The molecule has 1 N–H and O–H groups in total. The van der Waals surface area contributed by atoms with Crippen LogP contribution in [0.2, 0.25) is 0 Å². The van der Waals surface area contributed by atoms with Crippen LogP contribution >= 0.6 is 0 Å². The molecular weight excluding hydrogens is 87.0 g/mol. The van der Waals surface area contributed by atoms with Crippen LogP contribution in [0.4, 0.5) is 0 Å². The Balaban J connectivity index is 0.000000250. The van der Waals surface area contributed by atoms with Gasteiger partial charge in [-0.25, -0.2) is 0 Å². The van der Waals surface area contributed by atoms with Gasteiger partial charge in [0.25, 0.3) is 0 Å². The molecule has 2 heteroatoms. The van der Waals surface area contributed by atoms with Gasteiger partial charge in [0, 0.05) is 0 Å². The van der Waals surface area contributed by atoms with Crippen LogP contribution in [0.3, 0.4) is 0 Å². The third kappa shape index (κ3) is 1.61. The molecule has 1 saturated carbocycles. The number of rotatable bonds is 0. The molecule has 0 unspecified atom stereocenters. The van der Waals surface area contributed by atoms with Crippen LogP contribution in [-0.4, -0.2) is 11.2 Å². The van der Waals surface area contributed by atoms with Gasteiger partial charge in [-0.05, 0) is 19.3 Å². The normalized spacial score (nSPS) is 21.5. The molecule has 1 aliphatic carbocycles. The first-order valence-corrected chi connectivity index (χ1v) is 2.07. The van der Waals surface area contributed by atoms with Crippen molar-refractivity contribution < 1.29 is 34.7 Å². The maximum absolute atomic E-state index is 8.45. The zero-order chi connectivity index (χ0) is 3.70. The molecule has 1 nitrogen and oxygen atoms in total. The summed E-state index contributed by atoms with van der Waals surface area (Å²) in [6, 6.07) is 0. The van der Waals surface area contributed by atoms with Crippen LogP contribution in [0, 0.1) is 0 Å². The van der Waals surface area contributed by atoms with Crippen molar-refractivity contribution in [3.05, 3.63) is 0 Å². The Morgan fingerprint density at radius 2 is 1.67 bits per heavy atom. The molecule has 1 aliphatic rings. The monoisotopic (exact) mass is 95.0 g/mol. The Morgan fingerprint density at radius 1 is 1.33 bits per heavy atom. The molecule has 0 radical (unpaired) electrons. The fourth-order valence-electron chi connectivity index (χ4n) is 0.387. The maximum atomic E-state index is 8.45. The summed E-state index contributed by atoms with van der Waals surface area (Å²) in [5.41, 5.74) is 0. The van der Waals surface area contributed by atoms with Crippen LogP contribution in [0.15, 0.2) is 0 Å². The Hall–Kier alpha value is 0.960. The molecule has 0 bridgehead atoms. The van der Waals surface area contributed by atoms with E-state index in [1.165, 1.54) is 6.42 Å². The van der Waals surface area contributed by atoms with Gasteiger partial charge >= 0.3 is 29.6 Å². The molecule has 0 atom stereocenters. The average Bonchev–Trinajstić information content (AvgIpc) is 1.30. The molecule has 0 amide bonds. The third-order valence-electron chi connectivity index (χ3n) is 1.07. The van der Waals surface area contributed by atoms with Crippen molar-refractivity contribution in [2.24, 2.45) is 0 Å². The van der Waals surface area contributed by atoms with Crippen molar-refractivity contribution in [1.82, 2.24) is 0 Å². The summed E-state index contributed by atoms with van der Waals surface area (Å²) in [5.74, 6) is 0. The van der Waals surface area contributed by atoms with E-state index in [0.29, 0.717) is 0 Å². The molecule has 0 heterocycles. The first kappa shape index (κ1) is 6.96. The summed E-state index contributed by atoms with van der Waals surface area (Å²) in [5, 5.41) is 8.45. The summed E-state index contributed by atoms with van der Waals surface area (Å²) in [6.45, 7) is 0. The number of hydrogen-bond donors (Lipinski definition) is 1. The van der Waals surface area contributed by atoms with Gasteiger partial charge in [-0.2, -0.15) is 0 Å². The molecule has 0 saturated heterocycles. The molecule has 0 aromatic carbocycles. The van der Waals surface area contributed by atoms with E-state index in [1.807, 2.05) is 0 Å². The maximum Gasteiger partial charge on any atom is 1.00 e. The van der Waals surface area contributed by atoms with Gasteiger partial charge in [0.2, 0.25) is 0 Å². The van der Waals surface area contributed by atoms with E-state index in [9.17, 15) is 0 Å². The number of aliphatic hydroxyl groups is 1. The fourth-order valence-corrected chi connectivity index (χ4v) is 0.387. The van der Waals surface area contributed by atoms with E-state index in [0.717, 1.165) is 12.8 Å². The minimum atomic E-state index is 0. The average molecular weight is 95.1 g/mol. The van der Waals surface area contributed by atoms with Crippen molar-refractivity contribution in [2.45, 2.75) is 25.4 Å². The Bertz CT molecular complexity index is 34.5. The van der Waals surface area contributed by atoms with Gasteiger partial charge in [-0.1, -0.05) is 0 Å². The summed E-state index contributed by atoms with van der Waals surface area (Å²) in [7, 11) is 0. The largest absolute Gasteiger partial charge is 1.00 e. The smallest absolute Gasteiger partial charge is 0.393 e. The zero-order valence-corrected chi connectivity index (χ0v) is 6.15. The SMILES string of the molecule is OC1CCC1.[Na+]. The Labute approximate surface area is 60.0 Å². The molecule has 0 aromatic rings. The van der Waals surface area contributed by atoms with Gasteiger partial charge in [0.05, 0.1) is 6.10 Å². The van der Waals surface area contributed by atoms with E-state index >= 15 is 0 Å². The second kappa shape index (κ2) is 3.03.